The number of urea groups is 1. The fourth-order valence-electron chi connectivity index (χ4n) is 7.17. The first-order chi connectivity index (χ1) is 18.0. The number of fused-ring (bicyclic) bond motifs is 5. The average molecular weight is 501 g/mol. The predicted octanol–water partition coefficient (Wildman–Crippen LogP) is 5.48. The van der Waals surface area contributed by atoms with Crippen LogP contribution in [0.2, 0.25) is 0 Å². The number of para-hydroxylation sites is 1. The van der Waals surface area contributed by atoms with Crippen LogP contribution >= 0.6 is 0 Å². The molecule has 0 unspecified atom stereocenters. The number of amides is 2. The number of H-pyrrole nitrogens is 1. The lowest BCUT2D eigenvalue weighted by Crippen LogP contribution is -2.58. The van der Waals surface area contributed by atoms with Gasteiger partial charge in [-0.1, -0.05) is 67.8 Å². The normalized spacial score (nSPS) is 25.3. The van der Waals surface area contributed by atoms with E-state index in [4.69, 9.17) is 0 Å². The summed E-state index contributed by atoms with van der Waals surface area (Å²) in [5, 5.41) is 15.4. The van der Waals surface area contributed by atoms with Gasteiger partial charge < -0.3 is 20.3 Å². The summed E-state index contributed by atoms with van der Waals surface area (Å²) in [5.41, 5.74) is 6.37. The monoisotopic (exact) mass is 500 g/mol. The van der Waals surface area contributed by atoms with Gasteiger partial charge in [-0.2, -0.15) is 0 Å². The van der Waals surface area contributed by atoms with E-state index in [0.717, 1.165) is 38.8 Å². The molecular formula is C31H40N4O2. The number of hydrogen-bond acceptors (Lipinski definition) is 3. The van der Waals surface area contributed by atoms with E-state index >= 15 is 0 Å². The van der Waals surface area contributed by atoms with Crippen LogP contribution in [0.3, 0.4) is 0 Å². The number of piperidine rings is 1. The minimum atomic E-state index is -0.468. The minimum absolute atomic E-state index is 0.00930. The number of carbonyl (C=O) groups excluding carboxylic acids is 1. The minimum Gasteiger partial charge on any atom is -0.393 e. The van der Waals surface area contributed by atoms with Gasteiger partial charge in [-0.15, -0.1) is 0 Å². The van der Waals surface area contributed by atoms with Crippen molar-refractivity contribution >= 4 is 16.9 Å². The second-order valence-corrected chi connectivity index (χ2v) is 11.5. The molecule has 1 aromatic heterocycles. The standard InChI is InChI=1S/C31H40N4O2/c1-20(36)26-19-35-17-16-25-24-15-9-14-23(21-10-5-3-6-11-21)29(24)33-30(25)28(35)18-27(26)34(2)31(37)32-22-12-7-4-8-13-22/h3,5-6,9-11,14-15,20,22,26-28,33,36H,4,7-8,12-13,16-19H2,1-2H3,(H,32,37)/t20-,26-,27-,28-/m0/s1. The highest BCUT2D eigenvalue weighted by Gasteiger charge is 2.44. The van der Waals surface area contributed by atoms with Gasteiger partial charge in [0.15, 0.2) is 0 Å². The maximum absolute atomic E-state index is 13.3. The molecular weight excluding hydrogens is 460 g/mol. The van der Waals surface area contributed by atoms with Crippen LogP contribution in [0.4, 0.5) is 4.79 Å². The van der Waals surface area contributed by atoms with Crippen molar-refractivity contribution in [3.05, 3.63) is 59.8 Å². The molecule has 4 atom stereocenters. The second kappa shape index (κ2) is 10.1. The molecule has 1 saturated carbocycles. The Morgan fingerprint density at radius 3 is 2.65 bits per heavy atom. The Labute approximate surface area is 220 Å². The maximum Gasteiger partial charge on any atom is 0.317 e. The first-order valence-electron chi connectivity index (χ1n) is 14.2. The molecule has 6 rings (SSSR count). The number of benzene rings is 2. The molecule has 6 heteroatoms. The quantitative estimate of drug-likeness (QED) is 0.444. The Morgan fingerprint density at radius 1 is 1.11 bits per heavy atom. The number of aromatic amines is 1. The first-order valence-corrected chi connectivity index (χ1v) is 14.2. The molecule has 3 aliphatic rings. The summed E-state index contributed by atoms with van der Waals surface area (Å²) >= 11 is 0. The van der Waals surface area contributed by atoms with Crippen LogP contribution in [0, 0.1) is 5.92 Å². The number of rotatable bonds is 4. The Bertz CT molecular complexity index is 1250. The fraction of sp³-hybridized carbons (Fsp3) is 0.516. The van der Waals surface area contributed by atoms with Crippen LogP contribution < -0.4 is 5.32 Å². The Kier molecular flexibility index (Phi) is 6.72. The van der Waals surface area contributed by atoms with E-state index in [1.807, 2.05) is 18.9 Å². The van der Waals surface area contributed by atoms with E-state index in [9.17, 15) is 9.90 Å². The fourth-order valence-corrected chi connectivity index (χ4v) is 7.17. The summed E-state index contributed by atoms with van der Waals surface area (Å²) in [6.07, 6.45) is 7.16. The van der Waals surface area contributed by atoms with Gasteiger partial charge in [0.2, 0.25) is 0 Å². The molecule has 2 amide bonds. The lowest BCUT2D eigenvalue weighted by atomic mass is 9.80. The number of carbonyl (C=O) groups is 1. The third kappa shape index (κ3) is 4.55. The van der Waals surface area contributed by atoms with E-state index in [2.05, 4.69) is 63.7 Å². The van der Waals surface area contributed by atoms with Gasteiger partial charge in [0.1, 0.15) is 0 Å². The van der Waals surface area contributed by atoms with Gasteiger partial charge in [0, 0.05) is 54.8 Å². The summed E-state index contributed by atoms with van der Waals surface area (Å²) in [6.45, 7) is 3.66. The summed E-state index contributed by atoms with van der Waals surface area (Å²) in [6, 6.07) is 17.7. The molecule has 3 aromatic rings. The number of nitrogens with one attached hydrogen (secondary N) is 2. The van der Waals surface area contributed by atoms with Crippen molar-refractivity contribution in [1.29, 1.82) is 0 Å². The molecule has 1 aliphatic carbocycles. The Morgan fingerprint density at radius 2 is 1.89 bits per heavy atom. The number of aromatic nitrogens is 1. The van der Waals surface area contributed by atoms with E-state index in [-0.39, 0.29) is 30.1 Å². The molecule has 0 spiro atoms. The molecule has 0 bridgehead atoms. The molecule has 3 heterocycles. The number of aliphatic hydroxyl groups excluding tert-OH is 1. The van der Waals surface area contributed by atoms with Crippen molar-refractivity contribution in [3.63, 3.8) is 0 Å². The van der Waals surface area contributed by atoms with Crippen molar-refractivity contribution in [3.8, 4) is 11.1 Å². The SMILES string of the molecule is C[C@H](O)[C@@H]1CN2CCc3c([nH]c4c(-c5ccccc5)cccc34)[C@@H]2C[C@@H]1N(C)C(=O)NC1CCCCC1. The van der Waals surface area contributed by atoms with Crippen molar-refractivity contribution in [2.45, 2.75) is 76.1 Å². The largest absolute Gasteiger partial charge is 0.393 e. The molecule has 0 radical (unpaired) electrons. The molecule has 37 heavy (non-hydrogen) atoms. The molecule has 2 aromatic carbocycles. The van der Waals surface area contributed by atoms with Gasteiger partial charge in [0.05, 0.1) is 17.7 Å². The first kappa shape index (κ1) is 24.5. The molecule has 3 N–H and O–H groups in total. The lowest BCUT2D eigenvalue weighted by molar-refractivity contribution is -0.0193. The zero-order valence-electron chi connectivity index (χ0n) is 22.1. The number of aliphatic hydroxyl groups is 1. The van der Waals surface area contributed by atoms with Crippen molar-refractivity contribution in [2.75, 3.05) is 20.1 Å². The van der Waals surface area contributed by atoms with Crippen LogP contribution in [-0.4, -0.2) is 64.2 Å². The van der Waals surface area contributed by atoms with Crippen molar-refractivity contribution < 1.29 is 9.90 Å². The van der Waals surface area contributed by atoms with Crippen LogP contribution in [-0.2, 0) is 6.42 Å². The van der Waals surface area contributed by atoms with Gasteiger partial charge in [0.25, 0.3) is 0 Å². The predicted molar refractivity (Wildman–Crippen MR) is 148 cm³/mol. The third-order valence-electron chi connectivity index (χ3n) is 9.26. The van der Waals surface area contributed by atoms with Crippen LogP contribution in [0.15, 0.2) is 48.5 Å². The van der Waals surface area contributed by atoms with Crippen LogP contribution in [0.5, 0.6) is 0 Å². The zero-order valence-corrected chi connectivity index (χ0v) is 22.1. The van der Waals surface area contributed by atoms with Crippen molar-refractivity contribution in [1.82, 2.24) is 20.1 Å². The second-order valence-electron chi connectivity index (χ2n) is 11.5. The molecule has 1 saturated heterocycles. The molecule has 6 nitrogen and oxygen atoms in total. The van der Waals surface area contributed by atoms with Gasteiger partial charge in [-0.25, -0.2) is 4.79 Å². The third-order valence-corrected chi connectivity index (χ3v) is 9.26. The van der Waals surface area contributed by atoms with Gasteiger partial charge >= 0.3 is 6.03 Å². The highest BCUT2D eigenvalue weighted by molar-refractivity contribution is 5.97. The summed E-state index contributed by atoms with van der Waals surface area (Å²) < 4.78 is 0. The van der Waals surface area contributed by atoms with E-state index in [1.54, 1.807) is 0 Å². The number of hydrogen-bond donors (Lipinski definition) is 3. The smallest absolute Gasteiger partial charge is 0.317 e. The van der Waals surface area contributed by atoms with E-state index in [0.29, 0.717) is 0 Å². The maximum atomic E-state index is 13.3. The van der Waals surface area contributed by atoms with Crippen LogP contribution in [0.25, 0.3) is 22.0 Å². The molecule has 196 valence electrons. The summed E-state index contributed by atoms with van der Waals surface area (Å²) in [5.74, 6) is 0.0316. The molecule has 2 aliphatic heterocycles. The Hall–Kier alpha value is -2.83. The van der Waals surface area contributed by atoms with Gasteiger partial charge in [-0.05, 0) is 43.7 Å². The summed E-state index contributed by atoms with van der Waals surface area (Å²) in [4.78, 5) is 21.6. The molecule has 2 fully saturated rings. The average Bonchev–Trinajstić information content (AvgIpc) is 3.32. The van der Waals surface area contributed by atoms with Gasteiger partial charge in [-0.3, -0.25) is 4.90 Å². The summed E-state index contributed by atoms with van der Waals surface area (Å²) in [7, 11) is 1.93. The highest BCUT2D eigenvalue weighted by atomic mass is 16.3. The topological polar surface area (TPSA) is 71.6 Å². The van der Waals surface area contributed by atoms with Crippen LogP contribution in [0.1, 0.15) is 62.7 Å². The van der Waals surface area contributed by atoms with E-state index < -0.39 is 6.10 Å². The Balaban J connectivity index is 1.31. The van der Waals surface area contributed by atoms with Crippen molar-refractivity contribution in [2.24, 2.45) is 5.92 Å². The number of nitrogens with zero attached hydrogens (tertiary/aromatic N) is 2. The zero-order chi connectivity index (χ0) is 25.5. The highest BCUT2D eigenvalue weighted by Crippen LogP contribution is 2.44. The van der Waals surface area contributed by atoms with E-state index in [1.165, 1.54) is 52.5 Å². The lowest BCUT2D eigenvalue weighted by Gasteiger charge is -2.49.